The van der Waals surface area contributed by atoms with E-state index in [0.717, 1.165) is 3.97 Å². The zero-order valence-corrected chi connectivity index (χ0v) is 14.7. The van der Waals surface area contributed by atoms with Crippen LogP contribution in [0.1, 0.15) is 29.8 Å². The molecule has 2 aromatic heterocycles. The van der Waals surface area contributed by atoms with Gasteiger partial charge in [0.05, 0.1) is 23.4 Å². The molecule has 0 saturated carbocycles. The third-order valence-corrected chi connectivity index (χ3v) is 3.79. The lowest BCUT2D eigenvalue weighted by molar-refractivity contribution is 0.0944. The predicted molar refractivity (Wildman–Crippen MR) is 95.5 cm³/mol. The van der Waals surface area contributed by atoms with Crippen LogP contribution < -0.4 is 10.1 Å². The van der Waals surface area contributed by atoms with Crippen molar-refractivity contribution in [3.05, 3.63) is 47.8 Å². The normalized spacial score (nSPS) is 10.7. The number of ether oxygens (including phenoxy) is 1. The molecule has 26 heavy (non-hydrogen) atoms. The van der Waals surface area contributed by atoms with Gasteiger partial charge in [0.15, 0.2) is 18.0 Å². The maximum absolute atomic E-state index is 13.1. The highest BCUT2D eigenvalue weighted by Crippen LogP contribution is 2.27. The van der Waals surface area contributed by atoms with E-state index in [1.54, 1.807) is 24.3 Å². The highest BCUT2D eigenvalue weighted by atomic mass is 32.2. The molecule has 0 fully saturated rings. The molecule has 1 aromatic carbocycles. The Morgan fingerprint density at radius 1 is 1.46 bits per heavy atom. The van der Waals surface area contributed by atoms with Crippen LogP contribution in [0.25, 0.3) is 11.2 Å². The van der Waals surface area contributed by atoms with E-state index in [4.69, 9.17) is 10.00 Å². The van der Waals surface area contributed by atoms with Gasteiger partial charge in [-0.2, -0.15) is 5.26 Å². The van der Waals surface area contributed by atoms with Crippen LogP contribution >= 0.6 is 12.3 Å². The Labute approximate surface area is 153 Å². The van der Waals surface area contributed by atoms with E-state index in [-0.39, 0.29) is 46.9 Å². The van der Waals surface area contributed by atoms with Crippen LogP contribution in [0.15, 0.2) is 36.7 Å². The van der Waals surface area contributed by atoms with Gasteiger partial charge in [0, 0.05) is 12.2 Å². The average molecular weight is 371 g/mol. The lowest BCUT2D eigenvalue weighted by Crippen LogP contribution is -2.30. The fourth-order valence-corrected chi connectivity index (χ4v) is 2.65. The SMILES string of the molecule is CC(C)NC(=O)c1cn(SF)c2ncc(Oc3cccc(C#N)c3)nc12. The summed E-state index contributed by atoms with van der Waals surface area (Å²) in [6.07, 6.45) is 2.67. The van der Waals surface area contributed by atoms with Gasteiger partial charge in [-0.15, -0.1) is 3.89 Å². The molecule has 0 radical (unpaired) electrons. The molecule has 0 bridgehead atoms. The topological polar surface area (TPSA) is 92.8 Å². The van der Waals surface area contributed by atoms with E-state index in [1.807, 2.05) is 19.9 Å². The van der Waals surface area contributed by atoms with Gasteiger partial charge in [0.1, 0.15) is 11.3 Å². The van der Waals surface area contributed by atoms with Crippen LogP contribution in [-0.2, 0) is 0 Å². The van der Waals surface area contributed by atoms with Gasteiger partial charge in [0.25, 0.3) is 5.91 Å². The van der Waals surface area contributed by atoms with Gasteiger partial charge in [-0.25, -0.2) is 13.9 Å². The van der Waals surface area contributed by atoms with Crippen LogP contribution in [0, 0.1) is 11.3 Å². The minimum absolute atomic E-state index is 0.0725. The Bertz CT molecular complexity index is 1010. The van der Waals surface area contributed by atoms with Crippen molar-refractivity contribution in [1.82, 2.24) is 19.3 Å². The zero-order valence-electron chi connectivity index (χ0n) is 13.9. The molecular formula is C17H14FN5O2S. The first-order chi connectivity index (χ1) is 12.5. The number of carbonyl (C=O) groups excluding carboxylic acids is 1. The molecule has 0 atom stereocenters. The molecule has 3 rings (SSSR count). The quantitative estimate of drug-likeness (QED) is 0.736. The first kappa shape index (κ1) is 17.7. The Balaban J connectivity index is 2.01. The molecule has 0 aliphatic heterocycles. The summed E-state index contributed by atoms with van der Waals surface area (Å²) >= 11 is -0.0725. The number of hydrogen-bond donors (Lipinski definition) is 1. The average Bonchev–Trinajstić information content (AvgIpc) is 2.99. The van der Waals surface area contributed by atoms with Gasteiger partial charge < -0.3 is 10.1 Å². The van der Waals surface area contributed by atoms with E-state index < -0.39 is 0 Å². The molecule has 3 aromatic rings. The molecule has 1 amide bonds. The van der Waals surface area contributed by atoms with Crippen molar-refractivity contribution in [3.63, 3.8) is 0 Å². The summed E-state index contributed by atoms with van der Waals surface area (Å²) in [5.41, 5.74) is 1.07. The number of nitriles is 1. The molecule has 0 unspecified atom stereocenters. The van der Waals surface area contributed by atoms with Crippen LogP contribution in [0.3, 0.4) is 0 Å². The van der Waals surface area contributed by atoms with Crippen molar-refractivity contribution >= 4 is 29.4 Å². The molecule has 1 N–H and O–H groups in total. The number of nitrogens with one attached hydrogen (secondary N) is 1. The third kappa shape index (κ3) is 3.60. The zero-order chi connectivity index (χ0) is 18.7. The lowest BCUT2D eigenvalue weighted by atomic mass is 10.2. The number of fused-ring (bicyclic) bond motifs is 1. The lowest BCUT2D eigenvalue weighted by Gasteiger charge is -2.07. The van der Waals surface area contributed by atoms with Crippen LogP contribution in [0.4, 0.5) is 3.89 Å². The van der Waals surface area contributed by atoms with E-state index in [2.05, 4.69) is 15.3 Å². The monoisotopic (exact) mass is 371 g/mol. The highest BCUT2D eigenvalue weighted by molar-refractivity contribution is 7.92. The third-order valence-electron chi connectivity index (χ3n) is 3.37. The Morgan fingerprint density at radius 2 is 2.27 bits per heavy atom. The Hall–Kier alpha value is -3.12. The first-order valence-corrected chi connectivity index (χ1v) is 8.35. The largest absolute Gasteiger partial charge is 0.437 e. The van der Waals surface area contributed by atoms with Gasteiger partial charge >= 0.3 is 0 Å². The molecule has 0 aliphatic carbocycles. The maximum atomic E-state index is 13.1. The minimum Gasteiger partial charge on any atom is -0.437 e. The second kappa shape index (κ2) is 7.41. The summed E-state index contributed by atoms with van der Waals surface area (Å²) in [6.45, 7) is 3.65. The van der Waals surface area contributed by atoms with E-state index in [0.29, 0.717) is 11.3 Å². The van der Waals surface area contributed by atoms with Crippen molar-refractivity contribution in [1.29, 1.82) is 5.26 Å². The summed E-state index contributed by atoms with van der Waals surface area (Å²) in [6, 6.07) is 8.49. The van der Waals surface area contributed by atoms with Crippen molar-refractivity contribution in [2.24, 2.45) is 0 Å². The summed E-state index contributed by atoms with van der Waals surface area (Å²) < 4.78 is 19.9. The summed E-state index contributed by atoms with van der Waals surface area (Å²) in [5.74, 6) is 0.161. The molecule has 2 heterocycles. The van der Waals surface area contributed by atoms with Crippen LogP contribution in [0.5, 0.6) is 11.6 Å². The number of rotatable bonds is 5. The Morgan fingerprint density at radius 3 is 2.96 bits per heavy atom. The standard InChI is InChI=1S/C17H14FN5O2S/c1-10(2)21-17(24)13-9-23(26-18)16-15(13)22-14(8-20-16)25-12-5-3-4-11(6-12)7-19/h3-6,8-10H,1-2H3,(H,21,24). The minimum atomic E-state index is -0.379. The van der Waals surface area contributed by atoms with Crippen molar-refractivity contribution in [2.45, 2.75) is 19.9 Å². The predicted octanol–water partition coefficient (Wildman–Crippen LogP) is 3.61. The molecule has 0 aliphatic rings. The van der Waals surface area contributed by atoms with Crippen LogP contribution in [0.2, 0.25) is 0 Å². The molecule has 132 valence electrons. The fraction of sp³-hybridized carbons (Fsp3) is 0.176. The number of halogens is 1. The number of amides is 1. The highest BCUT2D eigenvalue weighted by Gasteiger charge is 2.20. The molecular weight excluding hydrogens is 357 g/mol. The number of benzene rings is 1. The number of carbonyl (C=O) groups is 1. The van der Waals surface area contributed by atoms with Crippen molar-refractivity contribution < 1.29 is 13.4 Å². The number of hydrogen-bond acceptors (Lipinski definition) is 6. The van der Waals surface area contributed by atoms with Gasteiger partial charge in [-0.05, 0) is 32.0 Å². The van der Waals surface area contributed by atoms with E-state index in [9.17, 15) is 8.68 Å². The molecule has 0 spiro atoms. The summed E-state index contributed by atoms with van der Waals surface area (Å²) in [4.78, 5) is 20.8. The van der Waals surface area contributed by atoms with Crippen molar-refractivity contribution in [2.75, 3.05) is 0 Å². The maximum Gasteiger partial charge on any atom is 0.255 e. The molecule has 9 heteroatoms. The Kier molecular flexibility index (Phi) is 5.04. The van der Waals surface area contributed by atoms with Gasteiger partial charge in [-0.3, -0.25) is 4.79 Å². The van der Waals surface area contributed by atoms with Gasteiger partial charge in [-0.1, -0.05) is 6.07 Å². The number of aromatic nitrogens is 3. The summed E-state index contributed by atoms with van der Waals surface area (Å²) in [5, 5.41) is 11.7. The molecule has 7 nitrogen and oxygen atoms in total. The van der Waals surface area contributed by atoms with Gasteiger partial charge in [0.2, 0.25) is 5.88 Å². The smallest absolute Gasteiger partial charge is 0.255 e. The summed E-state index contributed by atoms with van der Waals surface area (Å²) in [7, 11) is 0. The fourth-order valence-electron chi connectivity index (χ4n) is 2.31. The van der Waals surface area contributed by atoms with Crippen molar-refractivity contribution in [3.8, 4) is 17.7 Å². The molecule has 0 saturated heterocycles. The second-order valence-corrected chi connectivity index (χ2v) is 6.22. The van der Waals surface area contributed by atoms with E-state index in [1.165, 1.54) is 12.4 Å². The number of nitrogens with zero attached hydrogens (tertiary/aromatic N) is 4. The van der Waals surface area contributed by atoms with Crippen LogP contribution in [-0.4, -0.2) is 25.9 Å². The second-order valence-electron chi connectivity index (χ2n) is 5.69. The van der Waals surface area contributed by atoms with E-state index >= 15 is 0 Å². The first-order valence-electron chi connectivity index (χ1n) is 7.68.